The van der Waals surface area contributed by atoms with Crippen molar-refractivity contribution < 1.29 is 0 Å². The van der Waals surface area contributed by atoms with Gasteiger partial charge in [-0.05, 0) is 109 Å². The van der Waals surface area contributed by atoms with Gasteiger partial charge in [0.1, 0.15) is 0 Å². The number of allylic oxidation sites excluding steroid dienone is 2. The minimum atomic E-state index is 0.183. The summed E-state index contributed by atoms with van der Waals surface area (Å²) in [5, 5.41) is 10.3. The third kappa shape index (κ3) is 4.63. The smallest absolute Gasteiger partial charge is 0.0630 e. The molecule has 2 nitrogen and oxygen atoms in total. The molecule has 2 aliphatic rings. The number of nitrogens with zero attached hydrogens (tertiary/aromatic N) is 2. The van der Waals surface area contributed by atoms with Gasteiger partial charge in [-0.2, -0.15) is 0 Å². The lowest BCUT2D eigenvalue weighted by Crippen LogP contribution is -2.28. The molecule has 56 heavy (non-hydrogen) atoms. The van der Waals surface area contributed by atoms with E-state index in [0.717, 1.165) is 0 Å². The lowest BCUT2D eigenvalue weighted by atomic mass is 9.86. The van der Waals surface area contributed by atoms with Gasteiger partial charge in [-0.1, -0.05) is 158 Å². The maximum Gasteiger partial charge on any atom is 0.0630 e. The first kappa shape index (κ1) is 31.2. The molecule has 1 aliphatic carbocycles. The molecule has 262 valence electrons. The quantitative estimate of drug-likeness (QED) is 0.165. The fraction of sp³-hybridized carbons (Fsp3) is 0.0370. The minimum absolute atomic E-state index is 0.183. The molecule has 2 heterocycles. The number of aromatic nitrogens is 1. The van der Waals surface area contributed by atoms with Crippen LogP contribution in [0.15, 0.2) is 206 Å². The highest BCUT2D eigenvalue weighted by molar-refractivity contribution is 6.25. The van der Waals surface area contributed by atoms with Crippen LogP contribution < -0.4 is 4.90 Å². The van der Waals surface area contributed by atoms with Crippen LogP contribution in [0, 0.1) is 0 Å². The van der Waals surface area contributed by atoms with Crippen LogP contribution >= 0.6 is 0 Å². The normalized spacial score (nSPS) is 16.2. The molecule has 0 bridgehead atoms. The maximum absolute atomic E-state index is 2.56. The van der Waals surface area contributed by atoms with Crippen molar-refractivity contribution in [1.29, 1.82) is 0 Å². The summed E-state index contributed by atoms with van der Waals surface area (Å²) in [4.78, 5) is 2.56. The summed E-state index contributed by atoms with van der Waals surface area (Å²) in [5.74, 6) is 0.230. The summed E-state index contributed by atoms with van der Waals surface area (Å²) in [6.45, 7) is 0. The SMILES string of the molecule is C1=CC2C(C=C1c1ccc3c(c1)c1ccccc1n3-c1cccc(-c3ccccc3)c1)c1ccccc1N2c1ccc2c3ccccc3c3ccccc3c2c1. The predicted octanol–water partition coefficient (Wildman–Crippen LogP) is 14.2. The van der Waals surface area contributed by atoms with Crippen LogP contribution in [-0.4, -0.2) is 10.6 Å². The number of rotatable bonds is 4. The molecule has 0 saturated carbocycles. The number of anilines is 2. The van der Waals surface area contributed by atoms with Crippen molar-refractivity contribution in [3.8, 4) is 16.8 Å². The molecule has 0 fully saturated rings. The van der Waals surface area contributed by atoms with Crippen LogP contribution in [-0.2, 0) is 0 Å². The van der Waals surface area contributed by atoms with E-state index in [1.807, 2.05) is 0 Å². The maximum atomic E-state index is 2.56. The molecule has 0 spiro atoms. The first-order valence-corrected chi connectivity index (χ1v) is 19.6. The van der Waals surface area contributed by atoms with Crippen LogP contribution in [0.1, 0.15) is 17.0 Å². The van der Waals surface area contributed by atoms with Crippen molar-refractivity contribution in [1.82, 2.24) is 4.57 Å². The summed E-state index contributed by atoms with van der Waals surface area (Å²) >= 11 is 0. The molecular formula is C54H36N2. The largest absolute Gasteiger partial charge is 0.333 e. The van der Waals surface area contributed by atoms with Gasteiger partial charge >= 0.3 is 0 Å². The van der Waals surface area contributed by atoms with Gasteiger partial charge in [0.25, 0.3) is 0 Å². The van der Waals surface area contributed by atoms with Crippen LogP contribution in [0.5, 0.6) is 0 Å². The Morgan fingerprint density at radius 1 is 0.375 bits per heavy atom. The zero-order chi connectivity index (χ0) is 36.7. The Balaban J connectivity index is 0.959. The number of hydrogen-bond donors (Lipinski definition) is 0. The fourth-order valence-electron chi connectivity index (χ4n) is 9.77. The third-order valence-electron chi connectivity index (χ3n) is 12.3. The van der Waals surface area contributed by atoms with Gasteiger partial charge in [0, 0.05) is 33.8 Å². The molecule has 0 amide bonds. The highest BCUT2D eigenvalue weighted by Gasteiger charge is 2.38. The average molecular weight is 713 g/mol. The molecule has 10 aromatic rings. The molecule has 2 heteroatoms. The summed E-state index contributed by atoms with van der Waals surface area (Å²) in [6.07, 6.45) is 7.30. The van der Waals surface area contributed by atoms with Crippen LogP contribution in [0.3, 0.4) is 0 Å². The van der Waals surface area contributed by atoms with Gasteiger partial charge in [-0.3, -0.25) is 0 Å². The summed E-state index contributed by atoms with van der Waals surface area (Å²) in [7, 11) is 0. The lowest BCUT2D eigenvalue weighted by Gasteiger charge is -2.30. The topological polar surface area (TPSA) is 8.17 Å². The monoisotopic (exact) mass is 712 g/mol. The summed E-state index contributed by atoms with van der Waals surface area (Å²) in [6, 6.07) is 69.4. The first-order chi connectivity index (χ1) is 27.8. The number of benzene rings is 9. The zero-order valence-electron chi connectivity index (χ0n) is 30.7. The molecule has 2 atom stereocenters. The molecule has 1 aliphatic heterocycles. The second-order valence-electron chi connectivity index (χ2n) is 15.2. The molecule has 12 rings (SSSR count). The van der Waals surface area contributed by atoms with E-state index in [2.05, 4.69) is 216 Å². The highest BCUT2D eigenvalue weighted by atomic mass is 15.2. The Morgan fingerprint density at radius 2 is 1.02 bits per heavy atom. The van der Waals surface area contributed by atoms with Gasteiger partial charge in [0.15, 0.2) is 0 Å². The Morgan fingerprint density at radius 3 is 1.82 bits per heavy atom. The predicted molar refractivity (Wildman–Crippen MR) is 237 cm³/mol. The van der Waals surface area contributed by atoms with E-state index < -0.39 is 0 Å². The van der Waals surface area contributed by atoms with Crippen LogP contribution in [0.2, 0.25) is 0 Å². The molecule has 0 saturated heterocycles. The van der Waals surface area contributed by atoms with Crippen molar-refractivity contribution in [3.63, 3.8) is 0 Å². The van der Waals surface area contributed by atoms with Crippen molar-refractivity contribution in [2.45, 2.75) is 12.0 Å². The summed E-state index contributed by atoms with van der Waals surface area (Å²) < 4.78 is 2.42. The molecule has 0 radical (unpaired) electrons. The van der Waals surface area contributed by atoms with Crippen molar-refractivity contribution in [2.24, 2.45) is 0 Å². The van der Waals surface area contributed by atoms with E-state index in [-0.39, 0.29) is 12.0 Å². The van der Waals surface area contributed by atoms with E-state index in [1.54, 1.807) is 0 Å². The van der Waals surface area contributed by atoms with Gasteiger partial charge in [-0.15, -0.1) is 0 Å². The molecule has 1 aromatic heterocycles. The highest BCUT2D eigenvalue weighted by Crippen LogP contribution is 2.50. The van der Waals surface area contributed by atoms with E-state index in [0.29, 0.717) is 0 Å². The number of para-hydroxylation sites is 2. The number of hydrogen-bond acceptors (Lipinski definition) is 1. The first-order valence-electron chi connectivity index (χ1n) is 19.6. The Hall–Kier alpha value is -7.16. The van der Waals surface area contributed by atoms with Crippen LogP contribution in [0.25, 0.3) is 76.5 Å². The van der Waals surface area contributed by atoms with Gasteiger partial charge in [0.2, 0.25) is 0 Å². The van der Waals surface area contributed by atoms with Gasteiger partial charge in [-0.25, -0.2) is 0 Å². The Bertz CT molecular complexity index is 3240. The van der Waals surface area contributed by atoms with Crippen molar-refractivity contribution in [2.75, 3.05) is 4.90 Å². The van der Waals surface area contributed by atoms with E-state index >= 15 is 0 Å². The fourth-order valence-corrected chi connectivity index (χ4v) is 9.77. The molecule has 0 N–H and O–H groups in total. The van der Waals surface area contributed by atoms with E-state index in [1.165, 1.54) is 99.0 Å². The molecule has 9 aromatic carbocycles. The standard InChI is InChI=1S/C54H36N2/c1-2-13-35(14-3-1)36-15-12-16-39(31-36)55-51-23-10-8-21-46(51)49-32-37(25-29-53(49)55)38-26-30-54-50(33-38)47-22-9-11-24-52(47)56(54)40-27-28-45-43-19-5-4-17-41(43)42-18-6-7-20-44(42)48(45)34-40/h1-34,50,54H. The van der Waals surface area contributed by atoms with E-state index in [4.69, 9.17) is 0 Å². The Kier molecular flexibility index (Phi) is 6.79. The second kappa shape index (κ2) is 12.2. The zero-order valence-corrected chi connectivity index (χ0v) is 30.7. The molecular weight excluding hydrogens is 677 g/mol. The summed E-state index contributed by atoms with van der Waals surface area (Å²) in [5.41, 5.74) is 12.4. The average Bonchev–Trinajstić information content (AvgIpc) is 3.79. The van der Waals surface area contributed by atoms with Gasteiger partial charge < -0.3 is 9.47 Å². The molecule has 2 unspecified atom stereocenters. The number of fused-ring (bicyclic) bond motifs is 12. The van der Waals surface area contributed by atoms with Gasteiger partial charge in [0.05, 0.1) is 17.1 Å². The van der Waals surface area contributed by atoms with Crippen LogP contribution in [0.4, 0.5) is 11.4 Å². The lowest BCUT2D eigenvalue weighted by molar-refractivity contribution is 0.747. The van der Waals surface area contributed by atoms with Crippen molar-refractivity contribution >= 4 is 71.1 Å². The Labute approximate surface area is 325 Å². The second-order valence-corrected chi connectivity index (χ2v) is 15.2. The third-order valence-corrected chi connectivity index (χ3v) is 12.3. The van der Waals surface area contributed by atoms with Crippen molar-refractivity contribution in [3.05, 3.63) is 217 Å². The minimum Gasteiger partial charge on any atom is -0.333 e. The van der Waals surface area contributed by atoms with E-state index in [9.17, 15) is 0 Å².